The molecule has 0 saturated heterocycles. The first-order valence-corrected chi connectivity index (χ1v) is 13.3. The van der Waals surface area contributed by atoms with Gasteiger partial charge in [0.25, 0.3) is 0 Å². The second kappa shape index (κ2) is 9.39. The lowest BCUT2D eigenvalue weighted by Crippen LogP contribution is -2.19. The molecule has 0 fully saturated rings. The number of nitrogens with one attached hydrogen (secondary N) is 3. The van der Waals surface area contributed by atoms with Crippen molar-refractivity contribution in [1.29, 1.82) is 0 Å². The molecule has 0 atom stereocenters. The molecule has 0 radical (unpaired) electrons. The number of amides is 1. The number of thiophene rings is 1. The van der Waals surface area contributed by atoms with Crippen LogP contribution in [0.1, 0.15) is 32.1 Å². The molecular weight excluding hydrogens is 513 g/mol. The Morgan fingerprint density at radius 3 is 2.72 bits per heavy atom. The number of benzene rings is 1. The number of nitrogens with zero attached hydrogens (tertiary/aromatic N) is 4. The van der Waals surface area contributed by atoms with Crippen LogP contribution in [0.25, 0.3) is 55.2 Å². The highest BCUT2D eigenvalue weighted by Gasteiger charge is 2.19. The number of anilines is 1. The zero-order chi connectivity index (χ0) is 27.3. The molecule has 196 valence electrons. The molecule has 6 aromatic rings. The maximum atomic E-state index is 15.2. The molecule has 5 aromatic heterocycles. The summed E-state index contributed by atoms with van der Waals surface area (Å²) in [4.78, 5) is 31.5. The molecule has 0 aliphatic rings. The molecule has 10 heteroatoms. The lowest BCUT2D eigenvalue weighted by molar-refractivity contribution is -0.117. The highest BCUT2D eigenvalue weighted by atomic mass is 32.1. The van der Waals surface area contributed by atoms with Gasteiger partial charge in [-0.15, -0.1) is 11.3 Å². The topological polar surface area (TPSA) is 112 Å². The van der Waals surface area contributed by atoms with Crippen LogP contribution in [0.3, 0.4) is 0 Å². The van der Waals surface area contributed by atoms with Crippen molar-refractivity contribution >= 4 is 45.0 Å². The Balaban J connectivity index is 1.39. The number of hydrogen-bond donors (Lipinski definition) is 3. The van der Waals surface area contributed by atoms with Gasteiger partial charge >= 0.3 is 0 Å². The van der Waals surface area contributed by atoms with Gasteiger partial charge in [-0.05, 0) is 54.3 Å². The van der Waals surface area contributed by atoms with Crippen LogP contribution in [-0.2, 0) is 4.79 Å². The lowest BCUT2D eigenvalue weighted by atomic mass is 9.92. The molecule has 0 aliphatic carbocycles. The molecule has 6 rings (SSSR count). The molecule has 8 nitrogen and oxygen atoms in total. The first-order chi connectivity index (χ1) is 18.6. The minimum atomic E-state index is -0.476. The summed E-state index contributed by atoms with van der Waals surface area (Å²) in [6.07, 6.45) is 5.33. The van der Waals surface area contributed by atoms with E-state index in [0.717, 1.165) is 16.0 Å². The Kier molecular flexibility index (Phi) is 5.99. The van der Waals surface area contributed by atoms with Crippen molar-refractivity contribution in [3.05, 3.63) is 65.7 Å². The number of rotatable bonds is 5. The monoisotopic (exact) mass is 539 g/mol. The van der Waals surface area contributed by atoms with E-state index < -0.39 is 5.82 Å². The summed E-state index contributed by atoms with van der Waals surface area (Å²) in [5, 5.41) is 10.6. The summed E-state index contributed by atoms with van der Waals surface area (Å²) in [6, 6.07) is 11.2. The van der Waals surface area contributed by atoms with E-state index in [2.05, 4.69) is 49.5 Å². The number of carbonyl (C=O) groups is 1. The average molecular weight is 540 g/mol. The van der Waals surface area contributed by atoms with Gasteiger partial charge in [0.1, 0.15) is 11.2 Å². The van der Waals surface area contributed by atoms with Gasteiger partial charge in [0, 0.05) is 45.1 Å². The third kappa shape index (κ3) is 4.90. The fraction of sp³-hybridized carbons (Fsp3) is 0.207. The van der Waals surface area contributed by atoms with Crippen LogP contribution in [0.2, 0.25) is 0 Å². The second-order valence-electron chi connectivity index (χ2n) is 10.8. The summed E-state index contributed by atoms with van der Waals surface area (Å²) in [5.74, 6) is -0.0643. The maximum absolute atomic E-state index is 15.2. The molecule has 0 saturated carbocycles. The van der Waals surface area contributed by atoms with E-state index in [1.54, 1.807) is 36.0 Å². The Hall–Kier alpha value is -4.44. The van der Waals surface area contributed by atoms with Crippen molar-refractivity contribution in [3.8, 4) is 33.1 Å². The minimum Gasteiger partial charge on any atom is -0.335 e. The molecule has 0 spiro atoms. The van der Waals surface area contributed by atoms with Gasteiger partial charge in [0.05, 0.1) is 17.4 Å². The van der Waals surface area contributed by atoms with Gasteiger partial charge in [0.2, 0.25) is 5.91 Å². The number of carbonyl (C=O) groups excluding carboxylic acids is 1. The highest BCUT2D eigenvalue weighted by molar-refractivity contribution is 7.15. The van der Waals surface area contributed by atoms with E-state index in [1.807, 2.05) is 32.9 Å². The van der Waals surface area contributed by atoms with Gasteiger partial charge in [-0.2, -0.15) is 5.10 Å². The third-order valence-corrected chi connectivity index (χ3v) is 7.33. The molecule has 3 N–H and O–H groups in total. The predicted octanol–water partition coefficient (Wildman–Crippen LogP) is 7.11. The fourth-order valence-electron chi connectivity index (χ4n) is 4.59. The van der Waals surface area contributed by atoms with Crippen molar-refractivity contribution < 1.29 is 9.18 Å². The smallest absolute Gasteiger partial charge is 0.224 e. The molecular formula is C29H26FN7OS. The molecule has 1 amide bonds. The molecule has 0 aliphatic heterocycles. The highest BCUT2D eigenvalue weighted by Crippen LogP contribution is 2.35. The van der Waals surface area contributed by atoms with E-state index >= 15 is 4.39 Å². The van der Waals surface area contributed by atoms with Crippen molar-refractivity contribution in [2.75, 3.05) is 5.32 Å². The largest absolute Gasteiger partial charge is 0.335 e. The summed E-state index contributed by atoms with van der Waals surface area (Å²) in [6.45, 7) is 8.08. The van der Waals surface area contributed by atoms with Crippen molar-refractivity contribution in [3.63, 3.8) is 0 Å². The fourth-order valence-corrected chi connectivity index (χ4v) is 5.49. The molecule has 0 bridgehead atoms. The Bertz CT molecular complexity index is 1860. The number of hydrogen-bond acceptors (Lipinski definition) is 6. The minimum absolute atomic E-state index is 0.101. The van der Waals surface area contributed by atoms with Gasteiger partial charge in [-0.1, -0.05) is 20.8 Å². The van der Waals surface area contributed by atoms with Crippen molar-refractivity contribution in [2.24, 2.45) is 5.41 Å². The van der Waals surface area contributed by atoms with E-state index in [-0.39, 0.29) is 16.8 Å². The molecule has 1 aromatic carbocycles. The second-order valence-corrected chi connectivity index (χ2v) is 12.0. The molecule has 5 heterocycles. The Morgan fingerprint density at radius 1 is 1.10 bits per heavy atom. The number of halogens is 1. The van der Waals surface area contributed by atoms with Gasteiger partial charge in [-0.25, -0.2) is 14.4 Å². The molecule has 39 heavy (non-hydrogen) atoms. The zero-order valence-electron chi connectivity index (χ0n) is 21.9. The summed E-state index contributed by atoms with van der Waals surface area (Å²) in [5.41, 5.74) is 4.81. The van der Waals surface area contributed by atoms with Crippen LogP contribution in [-0.4, -0.2) is 36.0 Å². The van der Waals surface area contributed by atoms with E-state index in [4.69, 9.17) is 4.98 Å². The van der Waals surface area contributed by atoms with Gasteiger partial charge < -0.3 is 10.3 Å². The predicted molar refractivity (Wildman–Crippen MR) is 153 cm³/mol. The van der Waals surface area contributed by atoms with Crippen molar-refractivity contribution in [2.45, 2.75) is 34.1 Å². The van der Waals surface area contributed by atoms with Crippen LogP contribution >= 0.6 is 11.3 Å². The summed E-state index contributed by atoms with van der Waals surface area (Å²) in [7, 11) is 0. The van der Waals surface area contributed by atoms with Crippen LogP contribution < -0.4 is 5.32 Å². The van der Waals surface area contributed by atoms with Gasteiger partial charge in [-0.3, -0.25) is 14.9 Å². The van der Waals surface area contributed by atoms with Crippen LogP contribution in [0.15, 0.2) is 55.0 Å². The van der Waals surface area contributed by atoms with Crippen LogP contribution in [0, 0.1) is 18.2 Å². The normalized spacial score (nSPS) is 11.9. The Morgan fingerprint density at radius 2 is 1.95 bits per heavy atom. The number of pyridine rings is 2. The number of H-pyrrole nitrogens is 2. The van der Waals surface area contributed by atoms with E-state index in [9.17, 15) is 4.79 Å². The number of fused-ring (bicyclic) bond motifs is 2. The zero-order valence-corrected chi connectivity index (χ0v) is 22.7. The van der Waals surface area contributed by atoms with Crippen LogP contribution in [0.5, 0.6) is 0 Å². The van der Waals surface area contributed by atoms with Gasteiger partial charge in [0.15, 0.2) is 17.3 Å². The first kappa shape index (κ1) is 24.9. The van der Waals surface area contributed by atoms with Crippen molar-refractivity contribution in [1.82, 2.24) is 30.1 Å². The quantitative estimate of drug-likeness (QED) is 0.216. The summed E-state index contributed by atoms with van der Waals surface area (Å²) < 4.78 is 15.2. The number of imidazole rings is 1. The first-order valence-electron chi connectivity index (χ1n) is 12.5. The van der Waals surface area contributed by atoms with E-state index in [1.165, 1.54) is 10.9 Å². The van der Waals surface area contributed by atoms with Crippen LogP contribution in [0.4, 0.5) is 10.1 Å². The standard InChI is InChI=1S/C29H26FN7OS/c1-15-5-6-22(39-15)19-7-8-32-27-25(19)34-28(35-27)26-20-10-16(11-21(30)24(20)36-37-26)17-9-18(14-31-13-17)33-23(38)12-29(2,3)4/h5-11,13-14H,12H2,1-4H3,(H,33,38)(H,36,37)(H,32,34,35). The molecule has 0 unspecified atom stereocenters. The number of aromatic nitrogens is 6. The third-order valence-electron chi connectivity index (χ3n) is 6.29. The lowest BCUT2D eigenvalue weighted by Gasteiger charge is -2.17. The SMILES string of the molecule is Cc1ccc(-c2ccnc3nc(-c4[nH]nc5c(F)cc(-c6cncc(NC(=O)CC(C)(C)C)c6)cc45)[nH]c23)s1. The maximum Gasteiger partial charge on any atom is 0.224 e. The van der Waals surface area contributed by atoms with E-state index in [0.29, 0.717) is 45.8 Å². The summed E-state index contributed by atoms with van der Waals surface area (Å²) >= 11 is 1.70. The number of aromatic amines is 2. The average Bonchev–Trinajstić information content (AvgIpc) is 3.60. The Labute approximate surface area is 227 Å². The number of aryl methyl sites for hydroxylation is 1.